The third kappa shape index (κ3) is 5.07. The van der Waals surface area contributed by atoms with E-state index in [0.717, 1.165) is 23.4 Å². The van der Waals surface area contributed by atoms with Crippen LogP contribution in [0, 0.1) is 6.92 Å². The fourth-order valence-corrected chi connectivity index (χ4v) is 2.20. The molecule has 0 aromatic heterocycles. The van der Waals surface area contributed by atoms with Gasteiger partial charge in [0.15, 0.2) is 0 Å². The summed E-state index contributed by atoms with van der Waals surface area (Å²) in [5.74, 6) is 0.841. The summed E-state index contributed by atoms with van der Waals surface area (Å²) in [6.07, 6.45) is 0. The Bertz CT molecular complexity index is 596. The zero-order valence-corrected chi connectivity index (χ0v) is 13.6. The van der Waals surface area contributed by atoms with E-state index in [0.29, 0.717) is 17.7 Å². The van der Waals surface area contributed by atoms with Gasteiger partial charge >= 0.3 is 0 Å². The summed E-state index contributed by atoms with van der Waals surface area (Å²) in [4.78, 5) is 0. The van der Waals surface area contributed by atoms with E-state index in [9.17, 15) is 0 Å². The maximum atomic E-state index is 6.01. The molecule has 112 valence electrons. The summed E-state index contributed by atoms with van der Waals surface area (Å²) in [6, 6.07) is 14.7. The number of aryl methyl sites for hydroxylation is 1. The van der Waals surface area contributed by atoms with E-state index in [1.54, 1.807) is 0 Å². The summed E-state index contributed by atoms with van der Waals surface area (Å²) in [5, 5.41) is 4.12. The molecule has 2 nitrogen and oxygen atoms in total. The molecule has 0 saturated carbocycles. The molecular formula is C18H22ClNO. The molecule has 0 unspecified atom stereocenters. The van der Waals surface area contributed by atoms with Gasteiger partial charge in [0.1, 0.15) is 12.4 Å². The second-order valence-corrected chi connectivity index (χ2v) is 5.99. The first-order chi connectivity index (χ1) is 10.0. The predicted octanol–water partition coefficient (Wildman–Crippen LogP) is 4.73. The van der Waals surface area contributed by atoms with Gasteiger partial charge in [-0.1, -0.05) is 55.8 Å². The molecule has 0 atom stereocenters. The van der Waals surface area contributed by atoms with Gasteiger partial charge in [0, 0.05) is 17.6 Å². The zero-order valence-electron chi connectivity index (χ0n) is 12.8. The van der Waals surface area contributed by atoms with Gasteiger partial charge in [0.25, 0.3) is 0 Å². The standard InChI is InChI=1S/C18H22ClNO/c1-13(2)20-11-15-5-4-6-16(9-15)12-21-18-10-17(19)8-7-14(18)3/h4-10,13,20H,11-12H2,1-3H3. The molecule has 0 bridgehead atoms. The quantitative estimate of drug-likeness (QED) is 0.833. The smallest absolute Gasteiger partial charge is 0.124 e. The molecule has 0 aliphatic carbocycles. The van der Waals surface area contributed by atoms with Crippen molar-refractivity contribution < 1.29 is 4.74 Å². The van der Waals surface area contributed by atoms with Crippen molar-refractivity contribution in [1.29, 1.82) is 0 Å². The number of hydrogen-bond donors (Lipinski definition) is 1. The van der Waals surface area contributed by atoms with Crippen LogP contribution in [0.2, 0.25) is 5.02 Å². The molecule has 21 heavy (non-hydrogen) atoms. The molecule has 1 N–H and O–H groups in total. The number of ether oxygens (including phenoxy) is 1. The molecule has 2 aromatic rings. The van der Waals surface area contributed by atoms with Gasteiger partial charge < -0.3 is 10.1 Å². The van der Waals surface area contributed by atoms with Crippen molar-refractivity contribution in [3.05, 3.63) is 64.2 Å². The molecule has 3 heteroatoms. The molecule has 0 saturated heterocycles. The number of rotatable bonds is 6. The van der Waals surface area contributed by atoms with E-state index < -0.39 is 0 Å². The highest BCUT2D eigenvalue weighted by atomic mass is 35.5. The first-order valence-corrected chi connectivity index (χ1v) is 7.62. The number of hydrogen-bond acceptors (Lipinski definition) is 2. The minimum atomic E-state index is 0.485. The topological polar surface area (TPSA) is 21.3 Å². The summed E-state index contributed by atoms with van der Waals surface area (Å²) in [5.41, 5.74) is 3.53. The number of nitrogens with one attached hydrogen (secondary N) is 1. The zero-order chi connectivity index (χ0) is 15.2. The van der Waals surface area contributed by atoms with Crippen LogP contribution >= 0.6 is 11.6 Å². The molecule has 0 aliphatic heterocycles. The van der Waals surface area contributed by atoms with Gasteiger partial charge in [-0.25, -0.2) is 0 Å². The van der Waals surface area contributed by atoms with Gasteiger partial charge in [0.05, 0.1) is 0 Å². The Morgan fingerprint density at radius 3 is 2.62 bits per heavy atom. The van der Waals surface area contributed by atoms with Crippen LogP contribution in [0.1, 0.15) is 30.5 Å². The molecule has 0 fully saturated rings. The van der Waals surface area contributed by atoms with Gasteiger partial charge in [-0.2, -0.15) is 0 Å². The lowest BCUT2D eigenvalue weighted by molar-refractivity contribution is 0.304. The van der Waals surface area contributed by atoms with Gasteiger partial charge in [-0.05, 0) is 35.7 Å². The van der Waals surface area contributed by atoms with Gasteiger partial charge in [-0.15, -0.1) is 0 Å². The van der Waals surface area contributed by atoms with Crippen LogP contribution < -0.4 is 10.1 Å². The summed E-state index contributed by atoms with van der Waals surface area (Å²) < 4.78 is 5.88. The highest BCUT2D eigenvalue weighted by Gasteiger charge is 2.03. The van der Waals surface area contributed by atoms with Crippen LogP contribution in [0.4, 0.5) is 0 Å². The van der Waals surface area contributed by atoms with Crippen LogP contribution in [0.5, 0.6) is 5.75 Å². The highest BCUT2D eigenvalue weighted by molar-refractivity contribution is 6.30. The van der Waals surface area contributed by atoms with Crippen LogP contribution in [-0.2, 0) is 13.2 Å². The van der Waals surface area contributed by atoms with E-state index in [-0.39, 0.29) is 0 Å². The molecule has 0 amide bonds. The first-order valence-electron chi connectivity index (χ1n) is 7.25. The number of halogens is 1. The summed E-state index contributed by atoms with van der Waals surface area (Å²) in [7, 11) is 0. The lowest BCUT2D eigenvalue weighted by Gasteiger charge is -2.12. The van der Waals surface area contributed by atoms with Crippen LogP contribution in [0.25, 0.3) is 0 Å². The van der Waals surface area contributed by atoms with Crippen LogP contribution in [0.3, 0.4) is 0 Å². The van der Waals surface area contributed by atoms with Crippen LogP contribution in [0.15, 0.2) is 42.5 Å². The number of benzene rings is 2. The fourth-order valence-electron chi connectivity index (χ4n) is 2.04. The Hall–Kier alpha value is -1.51. The van der Waals surface area contributed by atoms with E-state index >= 15 is 0 Å². The second kappa shape index (κ2) is 7.48. The molecule has 2 aromatic carbocycles. The van der Waals surface area contributed by atoms with Crippen molar-refractivity contribution >= 4 is 11.6 Å². The molecule has 0 heterocycles. The minimum absolute atomic E-state index is 0.485. The normalized spacial score (nSPS) is 10.9. The van der Waals surface area contributed by atoms with Gasteiger partial charge in [-0.3, -0.25) is 0 Å². The average molecular weight is 304 g/mol. The van der Waals surface area contributed by atoms with E-state index in [1.165, 1.54) is 5.56 Å². The largest absolute Gasteiger partial charge is 0.489 e. The minimum Gasteiger partial charge on any atom is -0.489 e. The third-order valence-electron chi connectivity index (χ3n) is 3.25. The van der Waals surface area contributed by atoms with Crippen molar-refractivity contribution in [3.8, 4) is 5.75 Å². The molecular weight excluding hydrogens is 282 g/mol. The third-order valence-corrected chi connectivity index (χ3v) is 3.49. The fraction of sp³-hybridized carbons (Fsp3) is 0.333. The van der Waals surface area contributed by atoms with Crippen LogP contribution in [-0.4, -0.2) is 6.04 Å². The Balaban J connectivity index is 1.99. The predicted molar refractivity (Wildman–Crippen MR) is 88.9 cm³/mol. The SMILES string of the molecule is Cc1ccc(Cl)cc1OCc1cccc(CNC(C)C)c1. The average Bonchev–Trinajstić information content (AvgIpc) is 2.46. The molecule has 0 spiro atoms. The van der Waals surface area contributed by atoms with Crippen molar-refractivity contribution in [3.63, 3.8) is 0 Å². The van der Waals surface area contributed by atoms with Crippen molar-refractivity contribution in [2.24, 2.45) is 0 Å². The van der Waals surface area contributed by atoms with E-state index in [2.05, 4.69) is 43.4 Å². The maximum Gasteiger partial charge on any atom is 0.124 e. The van der Waals surface area contributed by atoms with Crippen molar-refractivity contribution in [2.45, 2.75) is 40.0 Å². The van der Waals surface area contributed by atoms with E-state index in [4.69, 9.17) is 16.3 Å². The summed E-state index contributed by atoms with van der Waals surface area (Å²) >= 11 is 6.01. The molecule has 0 radical (unpaired) electrons. The monoisotopic (exact) mass is 303 g/mol. The maximum absolute atomic E-state index is 6.01. The molecule has 2 rings (SSSR count). The van der Waals surface area contributed by atoms with Gasteiger partial charge in [0.2, 0.25) is 0 Å². The molecule has 0 aliphatic rings. The Morgan fingerprint density at radius 1 is 1.10 bits per heavy atom. The lowest BCUT2D eigenvalue weighted by Crippen LogP contribution is -2.21. The Morgan fingerprint density at radius 2 is 1.86 bits per heavy atom. The second-order valence-electron chi connectivity index (χ2n) is 5.55. The summed E-state index contributed by atoms with van der Waals surface area (Å²) in [6.45, 7) is 7.75. The Labute approximate surface area is 132 Å². The van der Waals surface area contributed by atoms with Crippen molar-refractivity contribution in [2.75, 3.05) is 0 Å². The lowest BCUT2D eigenvalue weighted by atomic mass is 10.1. The van der Waals surface area contributed by atoms with E-state index in [1.807, 2.05) is 25.1 Å². The Kier molecular flexibility index (Phi) is 5.66. The van der Waals surface area contributed by atoms with Crippen molar-refractivity contribution in [1.82, 2.24) is 5.32 Å². The highest BCUT2D eigenvalue weighted by Crippen LogP contribution is 2.23. The first kappa shape index (κ1) is 15.9.